The average molecular weight is 218 g/mol. The zero-order valence-corrected chi connectivity index (χ0v) is 9.62. The van der Waals surface area contributed by atoms with E-state index in [0.717, 1.165) is 19.4 Å². The molecule has 3 heteroatoms. The van der Waals surface area contributed by atoms with Gasteiger partial charge in [-0.15, -0.1) is 0 Å². The maximum Gasteiger partial charge on any atom is 0.219 e. The number of carbonyl (C=O) groups excluding carboxylic acids is 1. The van der Waals surface area contributed by atoms with E-state index in [1.165, 1.54) is 11.1 Å². The first-order valence-electron chi connectivity index (χ1n) is 5.80. The number of fused-ring (bicyclic) bond motifs is 1. The second-order valence-corrected chi connectivity index (χ2v) is 4.26. The van der Waals surface area contributed by atoms with Gasteiger partial charge >= 0.3 is 0 Å². The highest BCUT2D eigenvalue weighted by Gasteiger charge is 2.17. The SMILES string of the molecule is CNC(=O)CCC1Cc2ccccc2CN1. The zero-order chi connectivity index (χ0) is 11.4. The lowest BCUT2D eigenvalue weighted by Crippen LogP contribution is -2.36. The Morgan fingerprint density at radius 3 is 2.94 bits per heavy atom. The minimum Gasteiger partial charge on any atom is -0.359 e. The standard InChI is InChI=1S/C13H18N2O/c1-14-13(16)7-6-12-8-10-4-2-3-5-11(10)9-15-12/h2-5,12,15H,6-9H2,1H3,(H,14,16). The van der Waals surface area contributed by atoms with Gasteiger partial charge in [-0.2, -0.15) is 0 Å². The van der Waals surface area contributed by atoms with Crippen LogP contribution in [-0.4, -0.2) is 19.0 Å². The highest BCUT2D eigenvalue weighted by atomic mass is 16.1. The Morgan fingerprint density at radius 2 is 2.19 bits per heavy atom. The van der Waals surface area contributed by atoms with Crippen molar-refractivity contribution in [3.05, 3.63) is 35.4 Å². The minimum atomic E-state index is 0.126. The molecule has 0 radical (unpaired) electrons. The molecular weight excluding hydrogens is 200 g/mol. The van der Waals surface area contributed by atoms with Crippen LogP contribution in [0.1, 0.15) is 24.0 Å². The molecule has 1 aromatic rings. The fourth-order valence-corrected chi connectivity index (χ4v) is 2.16. The summed E-state index contributed by atoms with van der Waals surface area (Å²) in [5, 5.41) is 6.13. The van der Waals surface area contributed by atoms with E-state index in [1.54, 1.807) is 7.05 Å². The zero-order valence-electron chi connectivity index (χ0n) is 9.62. The van der Waals surface area contributed by atoms with Crippen LogP contribution < -0.4 is 10.6 Å². The number of amides is 1. The molecule has 0 saturated heterocycles. The molecule has 1 heterocycles. The predicted molar refractivity (Wildman–Crippen MR) is 64.1 cm³/mol. The first kappa shape index (κ1) is 11.1. The van der Waals surface area contributed by atoms with Crippen molar-refractivity contribution in [2.45, 2.75) is 31.8 Å². The average Bonchev–Trinajstić information content (AvgIpc) is 2.35. The van der Waals surface area contributed by atoms with Crippen molar-refractivity contribution < 1.29 is 4.79 Å². The Bertz CT molecular complexity index is 376. The van der Waals surface area contributed by atoms with E-state index >= 15 is 0 Å². The number of benzene rings is 1. The van der Waals surface area contributed by atoms with Gasteiger partial charge in [0.2, 0.25) is 5.91 Å². The first-order chi connectivity index (χ1) is 7.79. The molecular formula is C13H18N2O. The van der Waals surface area contributed by atoms with Crippen molar-refractivity contribution in [1.82, 2.24) is 10.6 Å². The second kappa shape index (κ2) is 5.12. The van der Waals surface area contributed by atoms with Crippen molar-refractivity contribution in [3.8, 4) is 0 Å². The summed E-state index contributed by atoms with van der Waals surface area (Å²) >= 11 is 0. The molecule has 1 unspecified atom stereocenters. The van der Waals surface area contributed by atoms with E-state index in [0.29, 0.717) is 12.5 Å². The van der Waals surface area contributed by atoms with Gasteiger partial charge in [0.05, 0.1) is 0 Å². The predicted octanol–water partition coefficient (Wildman–Crippen LogP) is 1.23. The Labute approximate surface area is 96.2 Å². The van der Waals surface area contributed by atoms with Crippen LogP contribution in [0.3, 0.4) is 0 Å². The normalized spacial score (nSPS) is 18.9. The summed E-state index contributed by atoms with van der Waals surface area (Å²) in [5.41, 5.74) is 2.81. The van der Waals surface area contributed by atoms with Gasteiger partial charge in [-0.25, -0.2) is 0 Å². The number of hydrogen-bond donors (Lipinski definition) is 2. The van der Waals surface area contributed by atoms with E-state index in [9.17, 15) is 4.79 Å². The van der Waals surface area contributed by atoms with Gasteiger partial charge in [0.1, 0.15) is 0 Å². The lowest BCUT2D eigenvalue weighted by atomic mass is 9.93. The lowest BCUT2D eigenvalue weighted by molar-refractivity contribution is -0.120. The maximum absolute atomic E-state index is 11.2. The quantitative estimate of drug-likeness (QED) is 0.801. The third-order valence-electron chi connectivity index (χ3n) is 3.16. The van der Waals surface area contributed by atoms with Crippen molar-refractivity contribution >= 4 is 5.91 Å². The molecule has 0 aromatic heterocycles. The van der Waals surface area contributed by atoms with Gasteiger partial charge in [0.25, 0.3) is 0 Å². The molecule has 0 saturated carbocycles. The number of nitrogens with one attached hydrogen (secondary N) is 2. The molecule has 1 amide bonds. The monoisotopic (exact) mass is 218 g/mol. The highest BCUT2D eigenvalue weighted by molar-refractivity contribution is 5.75. The van der Waals surface area contributed by atoms with E-state index in [1.807, 2.05) is 0 Å². The Balaban J connectivity index is 1.90. The molecule has 3 nitrogen and oxygen atoms in total. The van der Waals surface area contributed by atoms with Crippen molar-refractivity contribution in [2.24, 2.45) is 0 Å². The van der Waals surface area contributed by atoms with E-state index < -0.39 is 0 Å². The molecule has 16 heavy (non-hydrogen) atoms. The summed E-state index contributed by atoms with van der Waals surface area (Å²) in [6, 6.07) is 8.94. The topological polar surface area (TPSA) is 41.1 Å². The van der Waals surface area contributed by atoms with Crippen LogP contribution in [-0.2, 0) is 17.8 Å². The van der Waals surface area contributed by atoms with E-state index in [4.69, 9.17) is 0 Å². The molecule has 0 bridgehead atoms. The van der Waals surface area contributed by atoms with Gasteiger partial charge in [0, 0.05) is 26.1 Å². The molecule has 0 spiro atoms. The first-order valence-corrected chi connectivity index (χ1v) is 5.80. The smallest absolute Gasteiger partial charge is 0.219 e. The van der Waals surface area contributed by atoms with Gasteiger partial charge in [0.15, 0.2) is 0 Å². The molecule has 1 atom stereocenters. The van der Waals surface area contributed by atoms with E-state index in [-0.39, 0.29) is 5.91 Å². The minimum absolute atomic E-state index is 0.126. The van der Waals surface area contributed by atoms with Gasteiger partial charge in [-0.3, -0.25) is 4.79 Å². The van der Waals surface area contributed by atoms with Gasteiger partial charge in [-0.1, -0.05) is 24.3 Å². The Morgan fingerprint density at radius 1 is 1.44 bits per heavy atom. The second-order valence-electron chi connectivity index (χ2n) is 4.26. The highest BCUT2D eigenvalue weighted by Crippen LogP contribution is 2.18. The van der Waals surface area contributed by atoms with Gasteiger partial charge < -0.3 is 10.6 Å². The van der Waals surface area contributed by atoms with Crippen LogP contribution in [0.2, 0.25) is 0 Å². The summed E-state index contributed by atoms with van der Waals surface area (Å²) in [5.74, 6) is 0.126. The fraction of sp³-hybridized carbons (Fsp3) is 0.462. The van der Waals surface area contributed by atoms with Crippen LogP contribution >= 0.6 is 0 Å². The molecule has 1 aliphatic rings. The third-order valence-corrected chi connectivity index (χ3v) is 3.16. The summed E-state index contributed by atoms with van der Waals surface area (Å²) in [7, 11) is 1.69. The molecule has 1 aliphatic heterocycles. The molecule has 0 aliphatic carbocycles. The molecule has 0 fully saturated rings. The largest absolute Gasteiger partial charge is 0.359 e. The molecule has 86 valence electrons. The lowest BCUT2D eigenvalue weighted by Gasteiger charge is -2.25. The summed E-state index contributed by atoms with van der Waals surface area (Å²) in [6.45, 7) is 0.925. The maximum atomic E-state index is 11.2. The molecule has 2 N–H and O–H groups in total. The van der Waals surface area contributed by atoms with Crippen LogP contribution in [0, 0.1) is 0 Å². The third kappa shape index (κ3) is 2.61. The van der Waals surface area contributed by atoms with Crippen molar-refractivity contribution in [3.63, 3.8) is 0 Å². The van der Waals surface area contributed by atoms with E-state index in [2.05, 4.69) is 34.9 Å². The van der Waals surface area contributed by atoms with Crippen LogP contribution in [0.25, 0.3) is 0 Å². The Hall–Kier alpha value is -1.35. The Kier molecular flexibility index (Phi) is 3.57. The van der Waals surface area contributed by atoms with Crippen molar-refractivity contribution in [1.29, 1.82) is 0 Å². The van der Waals surface area contributed by atoms with Crippen LogP contribution in [0.5, 0.6) is 0 Å². The number of rotatable bonds is 3. The number of hydrogen-bond acceptors (Lipinski definition) is 2. The summed E-state index contributed by atoms with van der Waals surface area (Å²) in [4.78, 5) is 11.2. The molecule has 1 aromatic carbocycles. The number of carbonyl (C=O) groups is 1. The summed E-state index contributed by atoms with van der Waals surface area (Å²) in [6.07, 6.45) is 2.55. The van der Waals surface area contributed by atoms with Crippen LogP contribution in [0.4, 0.5) is 0 Å². The molecule has 2 rings (SSSR count). The fourth-order valence-electron chi connectivity index (χ4n) is 2.16. The van der Waals surface area contributed by atoms with Gasteiger partial charge in [-0.05, 0) is 24.0 Å². The van der Waals surface area contributed by atoms with Crippen LogP contribution in [0.15, 0.2) is 24.3 Å². The summed E-state index contributed by atoms with van der Waals surface area (Å²) < 4.78 is 0. The van der Waals surface area contributed by atoms with Crippen molar-refractivity contribution in [2.75, 3.05) is 7.05 Å².